The van der Waals surface area contributed by atoms with Crippen LogP contribution in [0.1, 0.15) is 43.0 Å². The van der Waals surface area contributed by atoms with Crippen LogP contribution in [0.25, 0.3) is 0 Å². The van der Waals surface area contributed by atoms with Gasteiger partial charge in [-0.05, 0) is 39.5 Å². The molecule has 1 atom stereocenters. The fourth-order valence-electron chi connectivity index (χ4n) is 2.03. The van der Waals surface area contributed by atoms with Crippen LogP contribution < -0.4 is 4.74 Å². The fourth-order valence-corrected chi connectivity index (χ4v) is 2.03. The van der Waals surface area contributed by atoms with Gasteiger partial charge in [-0.25, -0.2) is 0 Å². The van der Waals surface area contributed by atoms with Crippen LogP contribution in [0.15, 0.2) is 6.20 Å². The second-order valence-electron chi connectivity index (χ2n) is 4.50. The predicted octanol–water partition coefficient (Wildman–Crippen LogP) is 2.80. The summed E-state index contributed by atoms with van der Waals surface area (Å²) in [6, 6.07) is 0. The molecule has 1 aromatic rings. The quantitative estimate of drug-likeness (QED) is 0.827. The number of pyridine rings is 1. The maximum Gasteiger partial charge on any atom is 0.128 e. The Bertz CT molecular complexity index is 363. The van der Waals surface area contributed by atoms with Crippen LogP contribution in [0.4, 0.5) is 0 Å². The first-order valence-corrected chi connectivity index (χ1v) is 6.27. The lowest BCUT2D eigenvalue weighted by molar-refractivity contribution is 0.157. The molecule has 3 nitrogen and oxygen atoms in total. The molecule has 1 rings (SSSR count). The molecule has 0 aliphatic rings. The highest BCUT2D eigenvalue weighted by Gasteiger charge is 2.09. The Labute approximate surface area is 104 Å². The molecule has 1 aromatic heterocycles. The van der Waals surface area contributed by atoms with Crippen molar-refractivity contribution < 1.29 is 9.84 Å². The standard InChI is InChI=1S/C14H23NO2/c1-5-12(16)7-6-8-13-11(3)14(17-4)10(2)9-15-13/h9,12,16H,5-8H2,1-4H3. The third-order valence-corrected chi connectivity index (χ3v) is 3.17. The highest BCUT2D eigenvalue weighted by Crippen LogP contribution is 2.24. The van der Waals surface area contributed by atoms with E-state index in [1.165, 1.54) is 0 Å². The van der Waals surface area contributed by atoms with Crippen molar-refractivity contribution in [3.63, 3.8) is 0 Å². The number of hydrogen-bond acceptors (Lipinski definition) is 3. The summed E-state index contributed by atoms with van der Waals surface area (Å²) >= 11 is 0. The first-order valence-electron chi connectivity index (χ1n) is 6.27. The Morgan fingerprint density at radius 2 is 2.12 bits per heavy atom. The zero-order valence-corrected chi connectivity index (χ0v) is 11.3. The Balaban J connectivity index is 2.66. The van der Waals surface area contributed by atoms with Crippen molar-refractivity contribution in [1.29, 1.82) is 0 Å². The number of ether oxygens (including phenoxy) is 1. The van der Waals surface area contributed by atoms with E-state index in [9.17, 15) is 5.11 Å². The molecule has 3 heteroatoms. The summed E-state index contributed by atoms with van der Waals surface area (Å²) < 4.78 is 5.38. The zero-order valence-electron chi connectivity index (χ0n) is 11.3. The maximum atomic E-state index is 9.51. The minimum absolute atomic E-state index is 0.178. The van der Waals surface area contributed by atoms with Crippen LogP contribution in [0.5, 0.6) is 5.75 Å². The van der Waals surface area contributed by atoms with E-state index < -0.39 is 0 Å². The van der Waals surface area contributed by atoms with Crippen molar-refractivity contribution in [1.82, 2.24) is 4.98 Å². The first kappa shape index (κ1) is 14.0. The Morgan fingerprint density at radius 3 is 2.71 bits per heavy atom. The zero-order chi connectivity index (χ0) is 12.8. The molecule has 0 spiro atoms. The molecule has 0 aromatic carbocycles. The minimum Gasteiger partial charge on any atom is -0.496 e. The van der Waals surface area contributed by atoms with E-state index in [0.717, 1.165) is 48.3 Å². The van der Waals surface area contributed by atoms with Crippen molar-refractivity contribution in [2.24, 2.45) is 0 Å². The van der Waals surface area contributed by atoms with Crippen LogP contribution in [0.3, 0.4) is 0 Å². The number of rotatable bonds is 6. The number of hydrogen-bond donors (Lipinski definition) is 1. The third-order valence-electron chi connectivity index (χ3n) is 3.17. The van der Waals surface area contributed by atoms with Crippen LogP contribution in [-0.4, -0.2) is 23.3 Å². The average Bonchev–Trinajstić information content (AvgIpc) is 2.32. The van der Waals surface area contributed by atoms with E-state index in [4.69, 9.17) is 4.74 Å². The second kappa shape index (κ2) is 6.60. The number of aryl methyl sites for hydroxylation is 2. The molecule has 0 bridgehead atoms. The summed E-state index contributed by atoms with van der Waals surface area (Å²) in [6.45, 7) is 6.05. The molecule has 0 radical (unpaired) electrons. The van der Waals surface area contributed by atoms with E-state index in [1.54, 1.807) is 7.11 Å². The molecule has 0 saturated carbocycles. The van der Waals surface area contributed by atoms with Gasteiger partial charge in [-0.1, -0.05) is 6.92 Å². The van der Waals surface area contributed by atoms with Crippen molar-refractivity contribution in [3.05, 3.63) is 23.0 Å². The second-order valence-corrected chi connectivity index (χ2v) is 4.50. The summed E-state index contributed by atoms with van der Waals surface area (Å²) in [4.78, 5) is 4.45. The van der Waals surface area contributed by atoms with Crippen LogP contribution >= 0.6 is 0 Å². The predicted molar refractivity (Wildman–Crippen MR) is 69.5 cm³/mol. The van der Waals surface area contributed by atoms with Gasteiger partial charge in [-0.15, -0.1) is 0 Å². The Hall–Kier alpha value is -1.09. The number of aromatic nitrogens is 1. The van der Waals surface area contributed by atoms with Crippen LogP contribution in [0.2, 0.25) is 0 Å². The van der Waals surface area contributed by atoms with Crippen molar-refractivity contribution in [3.8, 4) is 5.75 Å². The summed E-state index contributed by atoms with van der Waals surface area (Å²) in [7, 11) is 1.69. The number of methoxy groups -OCH3 is 1. The van der Waals surface area contributed by atoms with Gasteiger partial charge in [0.2, 0.25) is 0 Å². The molecular weight excluding hydrogens is 214 g/mol. The Morgan fingerprint density at radius 1 is 1.41 bits per heavy atom. The average molecular weight is 237 g/mol. The molecular formula is C14H23NO2. The largest absolute Gasteiger partial charge is 0.496 e. The molecule has 0 amide bonds. The van der Waals surface area contributed by atoms with Crippen molar-refractivity contribution in [2.45, 2.75) is 52.6 Å². The normalized spacial score (nSPS) is 12.5. The number of nitrogens with zero attached hydrogens (tertiary/aromatic N) is 1. The van der Waals surface area contributed by atoms with Gasteiger partial charge < -0.3 is 9.84 Å². The van der Waals surface area contributed by atoms with Crippen LogP contribution in [-0.2, 0) is 6.42 Å². The molecule has 1 heterocycles. The number of aliphatic hydroxyl groups is 1. The highest BCUT2D eigenvalue weighted by atomic mass is 16.5. The lowest BCUT2D eigenvalue weighted by atomic mass is 10.0. The van der Waals surface area contributed by atoms with Gasteiger partial charge in [-0.3, -0.25) is 4.98 Å². The smallest absolute Gasteiger partial charge is 0.128 e. The number of aliphatic hydroxyl groups excluding tert-OH is 1. The van der Waals surface area contributed by atoms with Gasteiger partial charge in [0.1, 0.15) is 5.75 Å². The third kappa shape index (κ3) is 3.70. The summed E-state index contributed by atoms with van der Waals surface area (Å²) in [5, 5.41) is 9.51. The monoisotopic (exact) mass is 237 g/mol. The Kier molecular flexibility index (Phi) is 5.42. The van der Waals surface area contributed by atoms with E-state index in [2.05, 4.69) is 4.98 Å². The van der Waals surface area contributed by atoms with E-state index >= 15 is 0 Å². The molecule has 0 fully saturated rings. The van der Waals surface area contributed by atoms with Gasteiger partial charge >= 0.3 is 0 Å². The first-order chi connectivity index (χ1) is 8.10. The molecule has 96 valence electrons. The molecule has 1 unspecified atom stereocenters. The molecule has 0 aliphatic carbocycles. The van der Waals surface area contributed by atoms with E-state index in [-0.39, 0.29) is 6.10 Å². The van der Waals surface area contributed by atoms with Gasteiger partial charge in [0, 0.05) is 23.0 Å². The lowest BCUT2D eigenvalue weighted by Gasteiger charge is -2.12. The topological polar surface area (TPSA) is 42.4 Å². The fraction of sp³-hybridized carbons (Fsp3) is 0.643. The van der Waals surface area contributed by atoms with Crippen molar-refractivity contribution >= 4 is 0 Å². The minimum atomic E-state index is -0.178. The van der Waals surface area contributed by atoms with Crippen LogP contribution in [0, 0.1) is 13.8 Å². The summed E-state index contributed by atoms with van der Waals surface area (Å²) in [5.41, 5.74) is 3.27. The SMILES string of the molecule is CCC(O)CCCc1ncc(C)c(OC)c1C. The highest BCUT2D eigenvalue weighted by molar-refractivity contribution is 5.41. The summed E-state index contributed by atoms with van der Waals surface area (Å²) in [5.74, 6) is 0.936. The maximum absolute atomic E-state index is 9.51. The molecule has 0 aliphatic heterocycles. The molecule has 17 heavy (non-hydrogen) atoms. The van der Waals surface area contributed by atoms with E-state index in [0.29, 0.717) is 0 Å². The van der Waals surface area contributed by atoms with Crippen molar-refractivity contribution in [2.75, 3.05) is 7.11 Å². The van der Waals surface area contributed by atoms with Gasteiger partial charge in [0.15, 0.2) is 0 Å². The lowest BCUT2D eigenvalue weighted by Crippen LogP contribution is -2.06. The van der Waals surface area contributed by atoms with Gasteiger partial charge in [-0.2, -0.15) is 0 Å². The van der Waals surface area contributed by atoms with Gasteiger partial charge in [0.25, 0.3) is 0 Å². The molecule has 0 saturated heterocycles. The molecule has 1 N–H and O–H groups in total. The van der Waals surface area contributed by atoms with E-state index in [1.807, 2.05) is 27.0 Å². The van der Waals surface area contributed by atoms with Gasteiger partial charge in [0.05, 0.1) is 13.2 Å². The summed E-state index contributed by atoms with van der Waals surface area (Å²) in [6.07, 6.45) is 5.21.